The largest absolute Gasteiger partial charge is 0.444 e. The van der Waals surface area contributed by atoms with Crippen molar-refractivity contribution < 1.29 is 14.3 Å². The Balaban J connectivity index is 2.10. The van der Waals surface area contributed by atoms with Gasteiger partial charge in [-0.1, -0.05) is 13.8 Å². The van der Waals surface area contributed by atoms with Gasteiger partial charge in [0.25, 0.3) is 0 Å². The van der Waals surface area contributed by atoms with Crippen LogP contribution in [0.2, 0.25) is 0 Å². The Kier molecular flexibility index (Phi) is 4.79. The molecule has 2 aliphatic rings. The first-order valence-electron chi connectivity index (χ1n) is 8.31. The molecular weight excluding hydrogens is 280 g/mol. The van der Waals surface area contributed by atoms with Gasteiger partial charge in [0.05, 0.1) is 5.60 Å². The molecule has 2 saturated heterocycles. The lowest BCUT2D eigenvalue weighted by Gasteiger charge is -2.49. The second-order valence-corrected chi connectivity index (χ2v) is 8.66. The predicted octanol–water partition coefficient (Wildman–Crippen LogP) is 2.79. The fraction of sp³-hybridized carbons (Fsp3) is 0.941. The van der Waals surface area contributed by atoms with Crippen molar-refractivity contribution in [3.8, 4) is 0 Å². The number of nitrogens with zero attached hydrogens (tertiary/aromatic N) is 1. The van der Waals surface area contributed by atoms with Gasteiger partial charge in [-0.25, -0.2) is 4.79 Å². The molecule has 0 aromatic carbocycles. The minimum Gasteiger partial charge on any atom is -0.444 e. The molecule has 128 valence electrons. The average Bonchev–Trinajstić information content (AvgIpc) is 2.32. The van der Waals surface area contributed by atoms with E-state index in [4.69, 9.17) is 9.47 Å². The quantitative estimate of drug-likeness (QED) is 0.870. The van der Waals surface area contributed by atoms with Gasteiger partial charge in [0.1, 0.15) is 5.60 Å². The summed E-state index contributed by atoms with van der Waals surface area (Å²) in [6, 6.07) is 0.199. The number of piperidine rings is 1. The van der Waals surface area contributed by atoms with E-state index >= 15 is 0 Å². The number of methoxy groups -OCH3 is 1. The Bertz CT molecular complexity index is 405. The van der Waals surface area contributed by atoms with Crippen molar-refractivity contribution >= 4 is 6.09 Å². The molecule has 5 nitrogen and oxygen atoms in total. The Morgan fingerprint density at radius 3 is 2.41 bits per heavy atom. The zero-order valence-electron chi connectivity index (χ0n) is 15.0. The summed E-state index contributed by atoms with van der Waals surface area (Å²) in [6.45, 7) is 12.7. The molecule has 1 atom stereocenters. The predicted molar refractivity (Wildman–Crippen MR) is 87.0 cm³/mol. The molecule has 0 saturated carbocycles. The summed E-state index contributed by atoms with van der Waals surface area (Å²) in [7, 11) is 1.77. The topological polar surface area (TPSA) is 50.8 Å². The Labute approximate surface area is 134 Å². The molecule has 1 amide bonds. The molecule has 1 N–H and O–H groups in total. The number of ether oxygens (including phenoxy) is 2. The molecule has 2 heterocycles. The van der Waals surface area contributed by atoms with E-state index < -0.39 is 5.60 Å². The van der Waals surface area contributed by atoms with Crippen LogP contribution in [0.15, 0.2) is 0 Å². The first kappa shape index (κ1) is 17.5. The highest BCUT2D eigenvalue weighted by Crippen LogP contribution is 2.37. The maximum absolute atomic E-state index is 12.6. The molecule has 5 heteroatoms. The van der Waals surface area contributed by atoms with Crippen LogP contribution in [0.25, 0.3) is 0 Å². The van der Waals surface area contributed by atoms with Crippen molar-refractivity contribution in [1.82, 2.24) is 10.2 Å². The van der Waals surface area contributed by atoms with Crippen LogP contribution < -0.4 is 5.32 Å². The lowest BCUT2D eigenvalue weighted by molar-refractivity contribution is -0.0841. The van der Waals surface area contributed by atoms with Crippen LogP contribution in [0.4, 0.5) is 4.79 Å². The Hall–Kier alpha value is -0.810. The molecule has 22 heavy (non-hydrogen) atoms. The fourth-order valence-electron chi connectivity index (χ4n) is 3.33. The minimum atomic E-state index is -0.458. The summed E-state index contributed by atoms with van der Waals surface area (Å²) in [5, 5.41) is 3.28. The van der Waals surface area contributed by atoms with Gasteiger partial charge in [-0.15, -0.1) is 0 Å². The monoisotopic (exact) mass is 312 g/mol. The van der Waals surface area contributed by atoms with E-state index in [-0.39, 0.29) is 23.2 Å². The fourth-order valence-corrected chi connectivity index (χ4v) is 3.33. The van der Waals surface area contributed by atoms with E-state index in [0.717, 1.165) is 38.9 Å². The lowest BCUT2D eigenvalue weighted by atomic mass is 9.77. The lowest BCUT2D eigenvalue weighted by Crippen LogP contribution is -2.64. The van der Waals surface area contributed by atoms with Crippen molar-refractivity contribution in [2.24, 2.45) is 5.41 Å². The second kappa shape index (κ2) is 6.00. The van der Waals surface area contributed by atoms with E-state index in [1.807, 2.05) is 25.7 Å². The third-order valence-corrected chi connectivity index (χ3v) is 4.76. The van der Waals surface area contributed by atoms with E-state index in [0.29, 0.717) is 0 Å². The van der Waals surface area contributed by atoms with Gasteiger partial charge < -0.3 is 19.7 Å². The number of nitrogens with one attached hydrogen (secondary N) is 1. The van der Waals surface area contributed by atoms with Crippen LogP contribution >= 0.6 is 0 Å². The number of carbonyl (C=O) groups is 1. The third kappa shape index (κ3) is 4.13. The molecule has 0 aromatic heterocycles. The summed E-state index contributed by atoms with van der Waals surface area (Å²) in [5.74, 6) is 0. The number of amides is 1. The van der Waals surface area contributed by atoms with Gasteiger partial charge in [-0.05, 0) is 45.4 Å². The normalized spacial score (nSPS) is 27.2. The van der Waals surface area contributed by atoms with E-state index in [1.165, 1.54) is 0 Å². The maximum atomic E-state index is 12.6. The molecule has 1 unspecified atom stereocenters. The standard InChI is InChI=1S/C17H32N2O3/c1-15(2,3)22-14(20)19-12-16(4,5)8-7-13(19)9-17(21-6)10-18-11-17/h13,18H,7-12H2,1-6H3. The first-order valence-corrected chi connectivity index (χ1v) is 8.31. The van der Waals surface area contributed by atoms with E-state index in [1.54, 1.807) is 7.11 Å². The Morgan fingerprint density at radius 1 is 1.32 bits per heavy atom. The van der Waals surface area contributed by atoms with Crippen LogP contribution in [-0.2, 0) is 9.47 Å². The third-order valence-electron chi connectivity index (χ3n) is 4.76. The molecule has 0 radical (unpaired) electrons. The second-order valence-electron chi connectivity index (χ2n) is 8.66. The highest BCUT2D eigenvalue weighted by atomic mass is 16.6. The van der Waals surface area contributed by atoms with E-state index in [2.05, 4.69) is 19.2 Å². The van der Waals surface area contributed by atoms with Crippen LogP contribution in [0.1, 0.15) is 53.9 Å². The maximum Gasteiger partial charge on any atom is 0.410 e. The summed E-state index contributed by atoms with van der Waals surface area (Å²) >= 11 is 0. The van der Waals surface area contributed by atoms with Crippen LogP contribution in [0.5, 0.6) is 0 Å². The summed E-state index contributed by atoms with van der Waals surface area (Å²) in [4.78, 5) is 14.6. The highest BCUT2D eigenvalue weighted by Gasteiger charge is 2.45. The number of hydrogen-bond acceptors (Lipinski definition) is 4. The molecular formula is C17H32N2O3. The molecule has 0 bridgehead atoms. The summed E-state index contributed by atoms with van der Waals surface area (Å²) in [6.07, 6.45) is 2.83. The van der Waals surface area contributed by atoms with Crippen molar-refractivity contribution in [3.05, 3.63) is 0 Å². The molecule has 0 aromatic rings. The zero-order valence-corrected chi connectivity index (χ0v) is 15.0. The van der Waals surface area contributed by atoms with Gasteiger partial charge in [-0.3, -0.25) is 0 Å². The van der Waals surface area contributed by atoms with Gasteiger partial charge in [0.2, 0.25) is 0 Å². The number of hydrogen-bond donors (Lipinski definition) is 1. The van der Waals surface area contributed by atoms with Crippen molar-refractivity contribution in [3.63, 3.8) is 0 Å². The highest BCUT2D eigenvalue weighted by molar-refractivity contribution is 5.68. The summed E-state index contributed by atoms with van der Waals surface area (Å²) in [5.41, 5.74) is -0.432. The van der Waals surface area contributed by atoms with Gasteiger partial charge in [0.15, 0.2) is 0 Å². The van der Waals surface area contributed by atoms with Crippen molar-refractivity contribution in [1.29, 1.82) is 0 Å². The van der Waals surface area contributed by atoms with Crippen molar-refractivity contribution in [2.45, 2.75) is 71.1 Å². The molecule has 2 fully saturated rings. The zero-order chi connectivity index (χ0) is 16.6. The number of carbonyl (C=O) groups excluding carboxylic acids is 1. The molecule has 2 aliphatic heterocycles. The molecule has 0 aliphatic carbocycles. The summed E-state index contributed by atoms with van der Waals surface area (Å²) < 4.78 is 11.3. The van der Waals surface area contributed by atoms with Gasteiger partial charge in [0, 0.05) is 32.8 Å². The minimum absolute atomic E-state index is 0.119. The number of rotatable bonds is 3. The van der Waals surface area contributed by atoms with E-state index in [9.17, 15) is 4.79 Å². The number of likely N-dealkylation sites (tertiary alicyclic amines) is 1. The molecule has 2 rings (SSSR count). The van der Waals surface area contributed by atoms with Crippen molar-refractivity contribution in [2.75, 3.05) is 26.7 Å². The smallest absolute Gasteiger partial charge is 0.410 e. The van der Waals surface area contributed by atoms with Crippen LogP contribution in [0, 0.1) is 5.41 Å². The van der Waals surface area contributed by atoms with Gasteiger partial charge in [-0.2, -0.15) is 0 Å². The van der Waals surface area contributed by atoms with Crippen LogP contribution in [-0.4, -0.2) is 55.0 Å². The van der Waals surface area contributed by atoms with Gasteiger partial charge >= 0.3 is 6.09 Å². The first-order chi connectivity index (χ1) is 10.1. The molecule has 0 spiro atoms. The average molecular weight is 312 g/mol. The Morgan fingerprint density at radius 2 is 1.95 bits per heavy atom. The van der Waals surface area contributed by atoms with Crippen LogP contribution in [0.3, 0.4) is 0 Å². The SMILES string of the molecule is COC1(CC2CCC(C)(C)CN2C(=O)OC(C)(C)C)CNC1.